The molecular weight excluding hydrogens is 173 g/mol. The number of aliphatic hydroxyl groups is 1. The molecule has 72 valence electrons. The van der Waals surface area contributed by atoms with E-state index < -0.39 is 23.5 Å². The van der Waals surface area contributed by atoms with E-state index in [4.69, 9.17) is 5.11 Å². The second-order valence-corrected chi connectivity index (χ2v) is 3.63. The van der Waals surface area contributed by atoms with Crippen LogP contribution >= 0.6 is 0 Å². The molecule has 1 N–H and O–H groups in total. The molecule has 0 radical (unpaired) electrons. The molecule has 0 aromatic carbocycles. The van der Waals surface area contributed by atoms with E-state index in [0.29, 0.717) is 0 Å². The fraction of sp³-hybridized carbons (Fsp3) is 0.857. The van der Waals surface area contributed by atoms with Crippen LogP contribution in [0.25, 0.3) is 0 Å². The van der Waals surface area contributed by atoms with Crippen LogP contribution in [0.15, 0.2) is 0 Å². The third kappa shape index (κ3) is 2.81. The summed E-state index contributed by atoms with van der Waals surface area (Å²) in [4.78, 5) is 10.4. The predicted octanol–water partition coefficient (Wildman–Crippen LogP) is 1.52. The second kappa shape index (κ2) is 3.05. The van der Waals surface area contributed by atoms with E-state index >= 15 is 0 Å². The number of hydrogen-bond donors (Lipinski definition) is 1. The molecule has 0 aromatic rings. The first-order valence-corrected chi connectivity index (χ1v) is 3.36. The molecule has 5 heteroatoms. The summed E-state index contributed by atoms with van der Waals surface area (Å²) >= 11 is 0. The van der Waals surface area contributed by atoms with Gasteiger partial charge in [0, 0.05) is 0 Å². The van der Waals surface area contributed by atoms with Crippen molar-refractivity contribution in [3.8, 4) is 0 Å². The van der Waals surface area contributed by atoms with Gasteiger partial charge in [0.2, 0.25) is 0 Å². The number of carbonyl (C=O) groups is 1. The van der Waals surface area contributed by atoms with Crippen LogP contribution in [-0.2, 0) is 4.79 Å². The Bertz CT molecular complexity index is 178. The van der Waals surface area contributed by atoms with E-state index in [-0.39, 0.29) is 0 Å². The van der Waals surface area contributed by atoms with Crippen molar-refractivity contribution < 1.29 is 23.1 Å². The third-order valence-electron chi connectivity index (χ3n) is 1.35. The normalized spacial score (nSPS) is 15.9. The van der Waals surface area contributed by atoms with E-state index in [1.807, 2.05) is 0 Å². The van der Waals surface area contributed by atoms with Crippen molar-refractivity contribution in [2.45, 2.75) is 33.1 Å². The van der Waals surface area contributed by atoms with Gasteiger partial charge in [-0.05, 0) is 5.41 Å². The van der Waals surface area contributed by atoms with Crippen molar-refractivity contribution in [1.82, 2.24) is 0 Å². The minimum atomic E-state index is -4.95. The molecule has 0 rings (SSSR count). The molecular formula is C7H11F3O2. The maximum absolute atomic E-state index is 11.7. The third-order valence-corrected chi connectivity index (χ3v) is 1.35. The molecule has 12 heavy (non-hydrogen) atoms. The summed E-state index contributed by atoms with van der Waals surface area (Å²) in [5.74, 6) is -2.09. The Morgan fingerprint density at radius 2 is 1.58 bits per heavy atom. The van der Waals surface area contributed by atoms with Crippen molar-refractivity contribution >= 4 is 5.78 Å². The lowest BCUT2D eigenvalue weighted by atomic mass is 9.86. The molecule has 1 atom stereocenters. The van der Waals surface area contributed by atoms with Crippen LogP contribution in [-0.4, -0.2) is 23.2 Å². The first-order chi connectivity index (χ1) is 5.07. The maximum atomic E-state index is 11.7. The summed E-state index contributed by atoms with van der Waals surface area (Å²) in [7, 11) is 0. The van der Waals surface area contributed by atoms with Crippen LogP contribution in [0.5, 0.6) is 0 Å². The number of alkyl halides is 3. The summed E-state index contributed by atoms with van der Waals surface area (Å²) in [6.07, 6.45) is -6.94. The van der Waals surface area contributed by atoms with Gasteiger partial charge >= 0.3 is 6.18 Å². The van der Waals surface area contributed by atoms with Crippen LogP contribution in [0.2, 0.25) is 0 Å². The highest BCUT2D eigenvalue weighted by atomic mass is 19.4. The quantitative estimate of drug-likeness (QED) is 0.670. The zero-order valence-corrected chi connectivity index (χ0v) is 7.07. The number of carbonyl (C=O) groups excluding carboxylic acids is 1. The molecule has 2 nitrogen and oxygen atoms in total. The number of hydrogen-bond acceptors (Lipinski definition) is 2. The Labute approximate surface area is 68.4 Å². The summed E-state index contributed by atoms with van der Waals surface area (Å²) in [6.45, 7) is 4.09. The molecule has 0 amide bonds. The highest BCUT2D eigenvalue weighted by Gasteiger charge is 2.46. The van der Waals surface area contributed by atoms with Gasteiger partial charge in [-0.3, -0.25) is 4.79 Å². The highest BCUT2D eigenvalue weighted by molar-refractivity contribution is 5.88. The number of Topliss-reactive ketones (excluding diaryl/α,β-unsaturated/α-hetero) is 1. The maximum Gasteiger partial charge on any atom is 0.452 e. The van der Waals surface area contributed by atoms with Crippen molar-refractivity contribution in [2.75, 3.05) is 0 Å². The van der Waals surface area contributed by atoms with Gasteiger partial charge in [0.15, 0.2) is 0 Å². The smallest absolute Gasteiger partial charge is 0.384 e. The lowest BCUT2D eigenvalue weighted by molar-refractivity contribution is -0.184. The zero-order chi connectivity index (χ0) is 10.2. The number of halogens is 3. The largest absolute Gasteiger partial charge is 0.452 e. The van der Waals surface area contributed by atoms with E-state index in [1.165, 1.54) is 20.8 Å². The fourth-order valence-electron chi connectivity index (χ4n) is 0.548. The van der Waals surface area contributed by atoms with Gasteiger partial charge in [0.05, 0.1) is 0 Å². The van der Waals surface area contributed by atoms with E-state index in [2.05, 4.69) is 0 Å². The van der Waals surface area contributed by atoms with Gasteiger partial charge in [-0.15, -0.1) is 0 Å². The SMILES string of the molecule is CC(C)(C)[C@H](O)C(=O)C(F)(F)F. The number of aliphatic hydroxyl groups excluding tert-OH is 1. The average Bonchev–Trinajstić information content (AvgIpc) is 1.80. The molecule has 0 unspecified atom stereocenters. The summed E-state index contributed by atoms with van der Waals surface area (Å²) < 4.78 is 35.2. The summed E-state index contributed by atoms with van der Waals surface area (Å²) in [5, 5.41) is 8.92. The lowest BCUT2D eigenvalue weighted by Crippen LogP contribution is -2.42. The minimum absolute atomic E-state index is 1.08. The van der Waals surface area contributed by atoms with Crippen molar-refractivity contribution in [3.05, 3.63) is 0 Å². The van der Waals surface area contributed by atoms with Crippen LogP contribution < -0.4 is 0 Å². The topological polar surface area (TPSA) is 37.3 Å². The van der Waals surface area contributed by atoms with Gasteiger partial charge in [-0.1, -0.05) is 20.8 Å². The molecule has 0 fully saturated rings. The molecule has 0 aliphatic rings. The van der Waals surface area contributed by atoms with Crippen molar-refractivity contribution in [2.24, 2.45) is 5.41 Å². The fourth-order valence-corrected chi connectivity index (χ4v) is 0.548. The molecule has 0 aliphatic carbocycles. The minimum Gasteiger partial charge on any atom is -0.384 e. The van der Waals surface area contributed by atoms with Crippen LogP contribution in [0.3, 0.4) is 0 Å². The highest BCUT2D eigenvalue weighted by Crippen LogP contribution is 2.27. The summed E-state index contributed by atoms with van der Waals surface area (Å²) in [5.41, 5.74) is -1.08. The Hall–Kier alpha value is -0.580. The van der Waals surface area contributed by atoms with E-state index in [0.717, 1.165) is 0 Å². The van der Waals surface area contributed by atoms with Gasteiger partial charge in [-0.25, -0.2) is 0 Å². The van der Waals surface area contributed by atoms with Gasteiger partial charge < -0.3 is 5.11 Å². The predicted molar refractivity (Wildman–Crippen MR) is 36.5 cm³/mol. The van der Waals surface area contributed by atoms with Crippen molar-refractivity contribution in [3.63, 3.8) is 0 Å². The molecule has 0 saturated carbocycles. The average molecular weight is 184 g/mol. The summed E-state index contributed by atoms with van der Waals surface area (Å²) in [6, 6.07) is 0. The van der Waals surface area contributed by atoms with Crippen LogP contribution in [0.4, 0.5) is 13.2 Å². The Morgan fingerprint density at radius 1 is 1.25 bits per heavy atom. The molecule has 0 aliphatic heterocycles. The van der Waals surface area contributed by atoms with Gasteiger partial charge in [0.1, 0.15) is 6.10 Å². The number of ketones is 1. The van der Waals surface area contributed by atoms with E-state index in [1.54, 1.807) is 0 Å². The molecule has 0 bridgehead atoms. The Morgan fingerprint density at radius 3 is 1.67 bits per heavy atom. The number of rotatable bonds is 1. The van der Waals surface area contributed by atoms with Gasteiger partial charge in [-0.2, -0.15) is 13.2 Å². The second-order valence-electron chi connectivity index (χ2n) is 3.63. The van der Waals surface area contributed by atoms with Crippen LogP contribution in [0, 0.1) is 5.41 Å². The molecule has 0 aromatic heterocycles. The monoisotopic (exact) mass is 184 g/mol. The van der Waals surface area contributed by atoms with E-state index in [9.17, 15) is 18.0 Å². The van der Waals surface area contributed by atoms with Gasteiger partial charge in [0.25, 0.3) is 5.78 Å². The van der Waals surface area contributed by atoms with Crippen molar-refractivity contribution in [1.29, 1.82) is 0 Å². The Balaban J connectivity index is 4.53. The lowest BCUT2D eigenvalue weighted by Gasteiger charge is -2.24. The zero-order valence-electron chi connectivity index (χ0n) is 7.07. The molecule has 0 spiro atoms. The molecule has 0 saturated heterocycles. The molecule has 0 heterocycles. The first-order valence-electron chi connectivity index (χ1n) is 3.36. The van der Waals surface area contributed by atoms with Crippen LogP contribution in [0.1, 0.15) is 20.8 Å². The Kier molecular flexibility index (Phi) is 2.90. The standard InChI is InChI=1S/C7H11F3O2/c1-6(2,3)4(11)5(12)7(8,9)10/h4,11H,1-3H3/t4-/m1/s1. The first kappa shape index (κ1) is 11.4.